The summed E-state index contributed by atoms with van der Waals surface area (Å²) >= 11 is 0. The van der Waals surface area contributed by atoms with E-state index in [1.165, 1.54) is 0 Å². The second-order valence-corrected chi connectivity index (χ2v) is 2.46. The van der Waals surface area contributed by atoms with Gasteiger partial charge in [-0.1, -0.05) is 12.8 Å². The zero-order valence-corrected chi connectivity index (χ0v) is 7.68. The van der Waals surface area contributed by atoms with E-state index in [1.54, 1.807) is 0 Å². The summed E-state index contributed by atoms with van der Waals surface area (Å²) in [7, 11) is 0. The van der Waals surface area contributed by atoms with Crippen molar-refractivity contribution in [3.63, 3.8) is 0 Å². The third kappa shape index (κ3) is 4.75. The number of terminal acetylenes is 1. The zero-order chi connectivity index (χ0) is 9.40. The van der Waals surface area contributed by atoms with Crippen LogP contribution in [0.2, 0.25) is 0 Å². The normalized spacial score (nSPS) is 11.8. The van der Waals surface area contributed by atoms with Gasteiger partial charge in [-0.15, -0.1) is 6.42 Å². The first-order valence-electron chi connectivity index (χ1n) is 4.20. The fourth-order valence-corrected chi connectivity index (χ4v) is 0.797. The highest BCUT2D eigenvalue weighted by atomic mass is 16.1. The number of carbonyl (C=O) groups is 1. The maximum atomic E-state index is 10.9. The molecule has 0 rings (SSSR count). The van der Waals surface area contributed by atoms with Crippen LogP contribution >= 0.6 is 0 Å². The summed E-state index contributed by atoms with van der Waals surface area (Å²) in [5, 5.41) is 5.63. The van der Waals surface area contributed by atoms with Crippen LogP contribution in [0.3, 0.4) is 0 Å². The molecule has 1 amide bonds. The molecule has 12 heavy (non-hydrogen) atoms. The molecule has 1 atom stereocenters. The van der Waals surface area contributed by atoms with Crippen molar-refractivity contribution in [2.45, 2.75) is 26.3 Å². The Morgan fingerprint density at radius 2 is 2.25 bits per heavy atom. The van der Waals surface area contributed by atoms with E-state index in [4.69, 9.17) is 6.42 Å². The SMILES string of the molecule is C#CC(CC)NCC(=O)NCC. The van der Waals surface area contributed by atoms with Crippen molar-refractivity contribution >= 4 is 5.91 Å². The van der Waals surface area contributed by atoms with Crippen molar-refractivity contribution in [3.05, 3.63) is 0 Å². The number of rotatable bonds is 5. The summed E-state index contributed by atoms with van der Waals surface area (Å²) in [4.78, 5) is 10.9. The van der Waals surface area contributed by atoms with Crippen LogP contribution in [0.5, 0.6) is 0 Å². The van der Waals surface area contributed by atoms with Gasteiger partial charge < -0.3 is 5.32 Å². The monoisotopic (exact) mass is 168 g/mol. The third-order valence-electron chi connectivity index (χ3n) is 1.49. The quantitative estimate of drug-likeness (QED) is 0.573. The largest absolute Gasteiger partial charge is 0.355 e. The average Bonchev–Trinajstić information content (AvgIpc) is 2.07. The average molecular weight is 168 g/mol. The second-order valence-electron chi connectivity index (χ2n) is 2.46. The van der Waals surface area contributed by atoms with Gasteiger partial charge in [-0.2, -0.15) is 0 Å². The van der Waals surface area contributed by atoms with Crippen LogP contribution in [-0.4, -0.2) is 25.0 Å². The lowest BCUT2D eigenvalue weighted by molar-refractivity contribution is -0.120. The van der Waals surface area contributed by atoms with Crippen molar-refractivity contribution in [2.24, 2.45) is 0 Å². The summed E-state index contributed by atoms with van der Waals surface area (Å²) in [6.07, 6.45) is 6.04. The third-order valence-corrected chi connectivity index (χ3v) is 1.49. The van der Waals surface area contributed by atoms with Gasteiger partial charge in [0.2, 0.25) is 5.91 Å². The van der Waals surface area contributed by atoms with Gasteiger partial charge >= 0.3 is 0 Å². The van der Waals surface area contributed by atoms with Crippen LogP contribution in [0, 0.1) is 12.3 Å². The number of nitrogens with one attached hydrogen (secondary N) is 2. The molecule has 0 aromatic rings. The predicted molar refractivity (Wildman–Crippen MR) is 49.6 cm³/mol. The number of amides is 1. The van der Waals surface area contributed by atoms with Crippen LogP contribution < -0.4 is 10.6 Å². The number of likely N-dealkylation sites (N-methyl/N-ethyl adjacent to an activating group) is 1. The Hall–Kier alpha value is -1.01. The lowest BCUT2D eigenvalue weighted by atomic mass is 10.2. The molecule has 0 spiro atoms. The molecular formula is C9H16N2O. The molecule has 0 aliphatic carbocycles. The second kappa shape index (κ2) is 6.68. The highest BCUT2D eigenvalue weighted by Crippen LogP contribution is 1.85. The van der Waals surface area contributed by atoms with E-state index in [1.807, 2.05) is 13.8 Å². The molecule has 0 saturated carbocycles. The van der Waals surface area contributed by atoms with Gasteiger partial charge in [0.1, 0.15) is 0 Å². The van der Waals surface area contributed by atoms with Crippen LogP contribution in [0.15, 0.2) is 0 Å². The summed E-state index contributed by atoms with van der Waals surface area (Å²) in [6, 6.07) is 0.00704. The minimum Gasteiger partial charge on any atom is -0.355 e. The molecule has 0 radical (unpaired) electrons. The van der Waals surface area contributed by atoms with E-state index < -0.39 is 0 Å². The Kier molecular flexibility index (Phi) is 6.12. The summed E-state index contributed by atoms with van der Waals surface area (Å²) in [5.41, 5.74) is 0. The minimum absolute atomic E-state index is 0.00704. The highest BCUT2D eigenvalue weighted by molar-refractivity contribution is 5.77. The molecule has 0 aliphatic heterocycles. The predicted octanol–water partition coefficient (Wildman–Crippen LogP) is 0.124. The number of hydrogen-bond acceptors (Lipinski definition) is 2. The summed E-state index contributed by atoms with van der Waals surface area (Å²) in [6.45, 7) is 4.83. The molecule has 1 unspecified atom stereocenters. The molecule has 0 bridgehead atoms. The maximum absolute atomic E-state index is 10.9. The van der Waals surface area contributed by atoms with Crippen molar-refractivity contribution in [3.8, 4) is 12.3 Å². The van der Waals surface area contributed by atoms with E-state index in [-0.39, 0.29) is 11.9 Å². The van der Waals surface area contributed by atoms with Crippen molar-refractivity contribution in [2.75, 3.05) is 13.1 Å². The van der Waals surface area contributed by atoms with Gasteiger partial charge in [0.05, 0.1) is 12.6 Å². The maximum Gasteiger partial charge on any atom is 0.233 e. The van der Waals surface area contributed by atoms with Crippen molar-refractivity contribution in [1.82, 2.24) is 10.6 Å². The van der Waals surface area contributed by atoms with E-state index in [9.17, 15) is 4.79 Å². The standard InChI is InChI=1S/C9H16N2O/c1-4-8(5-2)11-7-9(12)10-6-3/h1,8,11H,5-7H2,2-3H3,(H,10,12). The summed E-state index contributed by atoms with van der Waals surface area (Å²) in [5.74, 6) is 2.55. The first kappa shape index (κ1) is 11.0. The van der Waals surface area contributed by atoms with E-state index >= 15 is 0 Å². The van der Waals surface area contributed by atoms with E-state index in [0.29, 0.717) is 13.1 Å². The first-order chi connectivity index (χ1) is 5.74. The molecule has 0 aromatic carbocycles. The van der Waals surface area contributed by atoms with Crippen LogP contribution in [0.1, 0.15) is 20.3 Å². The molecule has 68 valence electrons. The Morgan fingerprint density at radius 1 is 1.58 bits per heavy atom. The van der Waals surface area contributed by atoms with Gasteiger partial charge in [0.25, 0.3) is 0 Å². The Balaban J connectivity index is 3.53. The van der Waals surface area contributed by atoms with Crippen molar-refractivity contribution < 1.29 is 4.79 Å². The van der Waals surface area contributed by atoms with E-state index in [2.05, 4.69) is 16.6 Å². The zero-order valence-electron chi connectivity index (χ0n) is 7.68. The molecule has 0 heterocycles. The molecule has 3 heteroatoms. The first-order valence-corrected chi connectivity index (χ1v) is 4.20. The molecule has 0 saturated heterocycles. The Morgan fingerprint density at radius 3 is 2.67 bits per heavy atom. The lowest BCUT2D eigenvalue weighted by Gasteiger charge is -2.09. The van der Waals surface area contributed by atoms with Crippen LogP contribution in [-0.2, 0) is 4.79 Å². The fraction of sp³-hybridized carbons (Fsp3) is 0.667. The van der Waals surface area contributed by atoms with Crippen molar-refractivity contribution in [1.29, 1.82) is 0 Å². The van der Waals surface area contributed by atoms with Crippen LogP contribution in [0.25, 0.3) is 0 Å². The Bertz CT molecular complexity index is 172. The van der Waals surface area contributed by atoms with Gasteiger partial charge in [-0.05, 0) is 13.3 Å². The molecule has 0 aliphatic rings. The van der Waals surface area contributed by atoms with E-state index in [0.717, 1.165) is 6.42 Å². The van der Waals surface area contributed by atoms with Gasteiger partial charge in [-0.25, -0.2) is 0 Å². The number of carbonyl (C=O) groups excluding carboxylic acids is 1. The smallest absolute Gasteiger partial charge is 0.233 e. The topological polar surface area (TPSA) is 41.1 Å². The van der Waals surface area contributed by atoms with Crippen LogP contribution in [0.4, 0.5) is 0 Å². The summed E-state index contributed by atoms with van der Waals surface area (Å²) < 4.78 is 0. The van der Waals surface area contributed by atoms with Gasteiger partial charge in [0.15, 0.2) is 0 Å². The molecular weight excluding hydrogens is 152 g/mol. The number of hydrogen-bond donors (Lipinski definition) is 2. The van der Waals surface area contributed by atoms with Gasteiger partial charge in [-0.3, -0.25) is 10.1 Å². The molecule has 0 aromatic heterocycles. The lowest BCUT2D eigenvalue weighted by Crippen LogP contribution is -2.38. The molecule has 0 fully saturated rings. The fourth-order valence-electron chi connectivity index (χ4n) is 0.797. The Labute approximate surface area is 73.9 Å². The highest BCUT2D eigenvalue weighted by Gasteiger charge is 2.03. The molecule has 3 nitrogen and oxygen atoms in total. The minimum atomic E-state index is -0.00815. The molecule has 2 N–H and O–H groups in total. The van der Waals surface area contributed by atoms with Gasteiger partial charge in [0, 0.05) is 6.54 Å².